The van der Waals surface area contributed by atoms with Crippen LogP contribution < -0.4 is 5.32 Å². The third kappa shape index (κ3) is 3.91. The maximum Gasteiger partial charge on any atom is 0.254 e. The van der Waals surface area contributed by atoms with E-state index in [4.69, 9.17) is 0 Å². The van der Waals surface area contributed by atoms with Crippen molar-refractivity contribution in [2.24, 2.45) is 0 Å². The summed E-state index contributed by atoms with van der Waals surface area (Å²) in [6.45, 7) is 5.52. The smallest absolute Gasteiger partial charge is 0.254 e. The normalized spacial score (nSPS) is 10.8. The second kappa shape index (κ2) is 8.09. The number of hydrogen-bond acceptors (Lipinski definition) is 5. The van der Waals surface area contributed by atoms with Gasteiger partial charge >= 0.3 is 0 Å². The van der Waals surface area contributed by atoms with Gasteiger partial charge in [0.25, 0.3) is 5.91 Å². The fraction of sp³-hybridized carbons (Fsp3) is 0.333. The Bertz CT molecular complexity index is 904. The highest BCUT2D eigenvalue weighted by Crippen LogP contribution is 2.15. The Labute approximate surface area is 155 Å². The first-order valence-corrected chi connectivity index (χ1v) is 9.42. The number of aryl methyl sites for hydroxylation is 1. The fourth-order valence-corrected chi connectivity index (χ4v) is 3.32. The van der Waals surface area contributed by atoms with Gasteiger partial charge in [0.2, 0.25) is 5.91 Å². The van der Waals surface area contributed by atoms with Crippen LogP contribution in [0, 0.1) is 0 Å². The number of likely N-dealkylation sites (N-methyl/N-ethyl adjacent to an activating group) is 1. The van der Waals surface area contributed by atoms with Crippen molar-refractivity contribution in [2.75, 3.05) is 13.1 Å². The van der Waals surface area contributed by atoms with Crippen molar-refractivity contribution in [3.05, 3.63) is 46.2 Å². The molecule has 1 N–H and O–H groups in total. The molecule has 1 aromatic carbocycles. The monoisotopic (exact) mass is 371 g/mol. The number of benzene rings is 1. The minimum absolute atomic E-state index is 0.0282. The first kappa shape index (κ1) is 18.1. The number of aromatic nitrogens is 3. The van der Waals surface area contributed by atoms with Gasteiger partial charge in [-0.2, -0.15) is 0 Å². The zero-order valence-corrected chi connectivity index (χ0v) is 15.6. The van der Waals surface area contributed by atoms with E-state index < -0.39 is 0 Å². The highest BCUT2D eigenvalue weighted by molar-refractivity contribution is 7.09. The third-order valence-corrected chi connectivity index (χ3v) is 4.98. The number of fused-ring (bicyclic) bond motifs is 1. The van der Waals surface area contributed by atoms with E-state index in [9.17, 15) is 9.59 Å². The highest BCUT2D eigenvalue weighted by Gasteiger charge is 2.18. The lowest BCUT2D eigenvalue weighted by Gasteiger charge is -2.20. The molecule has 2 aromatic heterocycles. The zero-order chi connectivity index (χ0) is 18.5. The molecule has 7 nitrogen and oxygen atoms in total. The molecule has 0 fully saturated rings. The molecule has 3 rings (SSSR count). The third-order valence-electron chi connectivity index (χ3n) is 4.10. The second-order valence-electron chi connectivity index (χ2n) is 5.78. The van der Waals surface area contributed by atoms with Crippen molar-refractivity contribution >= 4 is 34.2 Å². The average molecular weight is 371 g/mol. The molecule has 3 aromatic rings. The van der Waals surface area contributed by atoms with Crippen molar-refractivity contribution in [3.63, 3.8) is 0 Å². The Morgan fingerprint density at radius 1 is 1.27 bits per heavy atom. The van der Waals surface area contributed by atoms with Gasteiger partial charge in [-0.25, -0.2) is 4.68 Å². The van der Waals surface area contributed by atoms with Gasteiger partial charge < -0.3 is 10.2 Å². The Morgan fingerprint density at radius 3 is 2.81 bits per heavy atom. The van der Waals surface area contributed by atoms with E-state index in [1.54, 1.807) is 28.2 Å². The summed E-state index contributed by atoms with van der Waals surface area (Å²) in [5.74, 6) is -0.363. The maximum atomic E-state index is 12.8. The van der Waals surface area contributed by atoms with Crippen LogP contribution in [-0.4, -0.2) is 44.8 Å². The number of thiophene rings is 1. The van der Waals surface area contributed by atoms with Crippen LogP contribution in [0.1, 0.15) is 29.1 Å². The molecular formula is C18H21N5O2S. The standard InChI is InChI=1S/C18H21N5O2S/c1-3-22(12-17(24)19-11-14-6-5-9-26-14)18(25)13-7-8-16-15(10-13)20-21-23(16)4-2/h5-10H,3-4,11-12H2,1-2H3,(H,19,24). The van der Waals surface area contributed by atoms with Crippen molar-refractivity contribution in [1.82, 2.24) is 25.2 Å². The van der Waals surface area contributed by atoms with Crippen molar-refractivity contribution < 1.29 is 9.59 Å². The van der Waals surface area contributed by atoms with Crippen molar-refractivity contribution in [2.45, 2.75) is 26.9 Å². The SMILES string of the molecule is CCN(CC(=O)NCc1cccs1)C(=O)c1ccc2c(c1)nnn2CC. The molecule has 26 heavy (non-hydrogen) atoms. The minimum atomic E-state index is -0.188. The van der Waals surface area contributed by atoms with Crippen LogP contribution in [0.2, 0.25) is 0 Å². The summed E-state index contributed by atoms with van der Waals surface area (Å²) in [6, 6.07) is 9.23. The molecule has 8 heteroatoms. The predicted molar refractivity (Wildman–Crippen MR) is 101 cm³/mol. The van der Waals surface area contributed by atoms with E-state index >= 15 is 0 Å². The number of rotatable bonds is 7. The largest absolute Gasteiger partial charge is 0.350 e. The van der Waals surface area contributed by atoms with Gasteiger partial charge in [-0.3, -0.25) is 9.59 Å². The fourth-order valence-electron chi connectivity index (χ4n) is 2.68. The number of amides is 2. The molecule has 0 spiro atoms. The molecule has 2 heterocycles. The number of nitrogens with zero attached hydrogens (tertiary/aromatic N) is 4. The molecule has 136 valence electrons. The Morgan fingerprint density at radius 2 is 2.12 bits per heavy atom. The average Bonchev–Trinajstić information content (AvgIpc) is 3.32. The number of hydrogen-bond donors (Lipinski definition) is 1. The van der Waals surface area contributed by atoms with Gasteiger partial charge in [-0.05, 0) is 43.5 Å². The summed E-state index contributed by atoms with van der Waals surface area (Å²) in [5.41, 5.74) is 2.07. The van der Waals surface area contributed by atoms with Crippen LogP contribution in [-0.2, 0) is 17.9 Å². The van der Waals surface area contributed by atoms with Crippen molar-refractivity contribution in [3.8, 4) is 0 Å². The lowest BCUT2D eigenvalue weighted by atomic mass is 10.1. The predicted octanol–water partition coefficient (Wildman–Crippen LogP) is 2.29. The van der Waals surface area contributed by atoms with Gasteiger partial charge in [-0.15, -0.1) is 16.4 Å². The molecule has 2 amide bonds. The summed E-state index contributed by atoms with van der Waals surface area (Å²) < 4.78 is 1.78. The number of carbonyl (C=O) groups excluding carboxylic acids is 2. The van der Waals surface area contributed by atoms with Crippen LogP contribution in [0.5, 0.6) is 0 Å². The highest BCUT2D eigenvalue weighted by atomic mass is 32.1. The van der Waals surface area contributed by atoms with Crippen LogP contribution in [0.4, 0.5) is 0 Å². The molecule has 0 aliphatic carbocycles. The summed E-state index contributed by atoms with van der Waals surface area (Å²) in [4.78, 5) is 27.5. The maximum absolute atomic E-state index is 12.8. The molecule has 0 unspecified atom stereocenters. The van der Waals surface area contributed by atoms with Crippen LogP contribution in [0.15, 0.2) is 35.7 Å². The molecule has 0 aliphatic heterocycles. The molecule has 0 radical (unpaired) electrons. The molecule has 0 saturated heterocycles. The van der Waals surface area contributed by atoms with E-state index in [2.05, 4.69) is 15.6 Å². The van der Waals surface area contributed by atoms with E-state index in [0.29, 0.717) is 24.2 Å². The summed E-state index contributed by atoms with van der Waals surface area (Å²) in [5, 5.41) is 13.0. The number of carbonyl (C=O) groups is 2. The van der Waals surface area contributed by atoms with E-state index in [0.717, 1.165) is 16.9 Å². The van der Waals surface area contributed by atoms with Crippen LogP contribution >= 0.6 is 11.3 Å². The molecule has 0 atom stereocenters. The van der Waals surface area contributed by atoms with Gasteiger partial charge in [-0.1, -0.05) is 11.3 Å². The summed E-state index contributed by atoms with van der Waals surface area (Å²) in [7, 11) is 0. The first-order chi connectivity index (χ1) is 12.6. The van der Waals surface area contributed by atoms with Crippen LogP contribution in [0.25, 0.3) is 11.0 Å². The Kier molecular flexibility index (Phi) is 5.62. The van der Waals surface area contributed by atoms with Crippen LogP contribution in [0.3, 0.4) is 0 Å². The minimum Gasteiger partial charge on any atom is -0.350 e. The van der Waals surface area contributed by atoms with E-state index in [-0.39, 0.29) is 18.4 Å². The Balaban J connectivity index is 1.67. The topological polar surface area (TPSA) is 80.1 Å². The van der Waals surface area contributed by atoms with Gasteiger partial charge in [0.05, 0.1) is 18.6 Å². The van der Waals surface area contributed by atoms with E-state index in [1.165, 1.54) is 4.90 Å². The zero-order valence-electron chi connectivity index (χ0n) is 14.8. The molecule has 0 aliphatic rings. The van der Waals surface area contributed by atoms with Gasteiger partial charge in [0.15, 0.2) is 0 Å². The lowest BCUT2D eigenvalue weighted by Crippen LogP contribution is -2.40. The lowest BCUT2D eigenvalue weighted by molar-refractivity contribution is -0.121. The second-order valence-corrected chi connectivity index (χ2v) is 6.82. The molecule has 0 bridgehead atoms. The first-order valence-electron chi connectivity index (χ1n) is 8.54. The summed E-state index contributed by atoms with van der Waals surface area (Å²) >= 11 is 1.59. The molecular weight excluding hydrogens is 350 g/mol. The van der Waals surface area contributed by atoms with E-state index in [1.807, 2.05) is 37.4 Å². The van der Waals surface area contributed by atoms with Crippen molar-refractivity contribution in [1.29, 1.82) is 0 Å². The molecule has 0 saturated carbocycles. The Hall–Kier alpha value is -2.74. The van der Waals surface area contributed by atoms with Gasteiger partial charge in [0.1, 0.15) is 5.52 Å². The summed E-state index contributed by atoms with van der Waals surface area (Å²) in [6.07, 6.45) is 0. The number of nitrogens with one attached hydrogen (secondary N) is 1. The quantitative estimate of drug-likeness (QED) is 0.691. The van der Waals surface area contributed by atoms with Gasteiger partial charge in [0, 0.05) is 23.5 Å².